The van der Waals surface area contributed by atoms with E-state index in [4.69, 9.17) is 9.47 Å². The van der Waals surface area contributed by atoms with Crippen molar-refractivity contribution in [1.29, 1.82) is 0 Å². The minimum absolute atomic E-state index is 0.298. The third-order valence-corrected chi connectivity index (χ3v) is 4.50. The van der Waals surface area contributed by atoms with Crippen LogP contribution in [0.3, 0.4) is 0 Å². The van der Waals surface area contributed by atoms with Crippen LogP contribution in [-0.4, -0.2) is 18.5 Å². The van der Waals surface area contributed by atoms with Crippen LogP contribution < -0.4 is 4.74 Å². The van der Waals surface area contributed by atoms with E-state index in [2.05, 4.69) is 0 Å². The average molecular weight is 443 g/mol. The maximum absolute atomic E-state index is 11.6. The maximum atomic E-state index is 11.6. The number of hydrogen-bond acceptors (Lipinski definition) is 4. The second-order valence-corrected chi connectivity index (χ2v) is 7.47. The molecule has 0 amide bonds. The van der Waals surface area contributed by atoms with Gasteiger partial charge in [-0.2, -0.15) is 0 Å². The van der Waals surface area contributed by atoms with Crippen molar-refractivity contribution >= 4 is 24.1 Å². The predicted molar refractivity (Wildman–Crippen MR) is 134 cm³/mol. The van der Waals surface area contributed by atoms with Crippen molar-refractivity contribution < 1.29 is 19.1 Å². The standard InChI is InChI=1S/C17H16O2.C12H14O2/c1-13-3-7-15(8-4-13)9-12-17(18)19-16-10-5-14(2)6-11-16;1-3-14-12(13)9-8-11-6-4-10(2)5-7-11/h3-12H,1-2H3;4-9H,3H2,1-2H3/b12-9+;9-8+. The van der Waals surface area contributed by atoms with Gasteiger partial charge in [0.2, 0.25) is 0 Å². The Bertz CT molecular complexity index is 1070. The minimum Gasteiger partial charge on any atom is -0.463 e. The summed E-state index contributed by atoms with van der Waals surface area (Å²) in [6.45, 7) is 8.25. The monoisotopic (exact) mass is 442 g/mol. The van der Waals surface area contributed by atoms with Crippen LogP contribution in [0.25, 0.3) is 12.2 Å². The van der Waals surface area contributed by atoms with Crippen LogP contribution in [0.2, 0.25) is 0 Å². The molecule has 4 heteroatoms. The zero-order valence-electron chi connectivity index (χ0n) is 19.6. The first-order valence-electron chi connectivity index (χ1n) is 10.8. The molecule has 0 saturated carbocycles. The van der Waals surface area contributed by atoms with E-state index in [0.717, 1.165) is 16.7 Å². The number of benzene rings is 3. The van der Waals surface area contributed by atoms with E-state index in [1.54, 1.807) is 31.2 Å². The summed E-state index contributed by atoms with van der Waals surface area (Å²) < 4.78 is 9.95. The third-order valence-electron chi connectivity index (χ3n) is 4.50. The van der Waals surface area contributed by atoms with Gasteiger partial charge in [0.25, 0.3) is 0 Å². The number of carbonyl (C=O) groups is 2. The van der Waals surface area contributed by atoms with Gasteiger partial charge in [-0.1, -0.05) is 77.4 Å². The molecular formula is C29H30O4. The third kappa shape index (κ3) is 10.3. The van der Waals surface area contributed by atoms with Crippen LogP contribution in [0.1, 0.15) is 34.7 Å². The fourth-order valence-corrected chi connectivity index (χ4v) is 2.63. The van der Waals surface area contributed by atoms with Crippen molar-refractivity contribution in [3.05, 3.63) is 113 Å². The van der Waals surface area contributed by atoms with Gasteiger partial charge in [-0.15, -0.1) is 0 Å². The molecule has 0 saturated heterocycles. The summed E-state index contributed by atoms with van der Waals surface area (Å²) in [5.74, 6) is -0.110. The molecule has 0 bridgehead atoms. The average Bonchev–Trinajstić information content (AvgIpc) is 2.80. The topological polar surface area (TPSA) is 52.6 Å². The molecule has 0 heterocycles. The van der Waals surface area contributed by atoms with Gasteiger partial charge >= 0.3 is 11.9 Å². The number of rotatable bonds is 6. The molecule has 0 aliphatic rings. The molecule has 3 aromatic rings. The van der Waals surface area contributed by atoms with E-state index in [9.17, 15) is 9.59 Å². The molecule has 3 aromatic carbocycles. The van der Waals surface area contributed by atoms with Crippen molar-refractivity contribution in [2.24, 2.45) is 0 Å². The molecule has 0 atom stereocenters. The first-order chi connectivity index (χ1) is 15.9. The summed E-state index contributed by atoms with van der Waals surface area (Å²) in [5.41, 5.74) is 5.52. The lowest BCUT2D eigenvalue weighted by atomic mass is 10.1. The Hall–Kier alpha value is -3.92. The predicted octanol–water partition coefficient (Wildman–Crippen LogP) is 6.49. The first kappa shape index (κ1) is 25.3. The Kier molecular flexibility index (Phi) is 10.4. The van der Waals surface area contributed by atoms with Gasteiger partial charge in [-0.3, -0.25) is 0 Å². The van der Waals surface area contributed by atoms with Crippen LogP contribution >= 0.6 is 0 Å². The van der Waals surface area contributed by atoms with Crippen molar-refractivity contribution in [3.8, 4) is 5.75 Å². The molecule has 0 spiro atoms. The molecule has 0 aliphatic heterocycles. The Morgan fingerprint density at radius 1 is 0.636 bits per heavy atom. The van der Waals surface area contributed by atoms with Gasteiger partial charge in [-0.05, 0) is 63.1 Å². The van der Waals surface area contributed by atoms with Crippen molar-refractivity contribution in [2.75, 3.05) is 6.61 Å². The molecule has 0 radical (unpaired) electrons. The van der Waals surface area contributed by atoms with Gasteiger partial charge in [0.15, 0.2) is 0 Å². The molecule has 0 aromatic heterocycles. The molecule has 3 rings (SSSR count). The van der Waals surface area contributed by atoms with Crippen LogP contribution in [0.15, 0.2) is 84.9 Å². The summed E-state index contributed by atoms with van der Waals surface area (Å²) in [6.07, 6.45) is 6.37. The highest BCUT2D eigenvalue weighted by molar-refractivity contribution is 5.88. The summed E-state index contributed by atoms with van der Waals surface area (Å²) in [7, 11) is 0. The fourth-order valence-electron chi connectivity index (χ4n) is 2.63. The molecule has 170 valence electrons. The Morgan fingerprint density at radius 2 is 1.03 bits per heavy atom. The zero-order valence-corrected chi connectivity index (χ0v) is 19.6. The summed E-state index contributed by atoms with van der Waals surface area (Å²) in [5, 5.41) is 0. The smallest absolute Gasteiger partial charge is 0.336 e. The van der Waals surface area contributed by atoms with E-state index < -0.39 is 0 Å². The maximum Gasteiger partial charge on any atom is 0.336 e. The van der Waals surface area contributed by atoms with Gasteiger partial charge in [0.05, 0.1) is 6.61 Å². The largest absolute Gasteiger partial charge is 0.463 e. The van der Waals surface area contributed by atoms with E-state index in [-0.39, 0.29) is 11.9 Å². The zero-order chi connectivity index (χ0) is 24.1. The van der Waals surface area contributed by atoms with E-state index in [0.29, 0.717) is 12.4 Å². The van der Waals surface area contributed by atoms with Crippen molar-refractivity contribution in [1.82, 2.24) is 0 Å². The van der Waals surface area contributed by atoms with Gasteiger partial charge in [0, 0.05) is 12.2 Å². The molecule has 4 nitrogen and oxygen atoms in total. The molecule has 0 aliphatic carbocycles. The highest BCUT2D eigenvalue weighted by Crippen LogP contribution is 2.12. The lowest BCUT2D eigenvalue weighted by molar-refractivity contribution is -0.137. The summed E-state index contributed by atoms with van der Waals surface area (Å²) in [4.78, 5) is 22.6. The molecule has 0 unspecified atom stereocenters. The molecule has 33 heavy (non-hydrogen) atoms. The van der Waals surface area contributed by atoms with Crippen LogP contribution in [0.5, 0.6) is 5.75 Å². The fraction of sp³-hybridized carbons (Fsp3) is 0.172. The molecule has 0 fully saturated rings. The highest BCUT2D eigenvalue weighted by atomic mass is 16.5. The number of carbonyl (C=O) groups excluding carboxylic acids is 2. The minimum atomic E-state index is -0.371. The summed E-state index contributed by atoms with van der Waals surface area (Å²) in [6, 6.07) is 23.3. The van der Waals surface area contributed by atoms with Crippen molar-refractivity contribution in [3.63, 3.8) is 0 Å². The van der Waals surface area contributed by atoms with E-state index >= 15 is 0 Å². The van der Waals surface area contributed by atoms with E-state index in [1.807, 2.05) is 81.4 Å². The second kappa shape index (κ2) is 13.5. The van der Waals surface area contributed by atoms with Gasteiger partial charge < -0.3 is 9.47 Å². The number of aryl methyl sites for hydroxylation is 3. The summed E-state index contributed by atoms with van der Waals surface area (Å²) >= 11 is 0. The van der Waals surface area contributed by atoms with Crippen LogP contribution in [0, 0.1) is 20.8 Å². The Morgan fingerprint density at radius 3 is 1.45 bits per heavy atom. The SMILES string of the molecule is CCOC(=O)/C=C/c1ccc(C)cc1.Cc1ccc(/C=C/C(=O)Oc2ccc(C)cc2)cc1. The normalized spacial score (nSPS) is 10.5. The van der Waals surface area contributed by atoms with E-state index in [1.165, 1.54) is 23.3 Å². The molecular weight excluding hydrogens is 412 g/mol. The Labute approximate surface area is 196 Å². The first-order valence-corrected chi connectivity index (χ1v) is 10.8. The quantitative estimate of drug-likeness (QED) is 0.249. The lowest BCUT2D eigenvalue weighted by Gasteiger charge is -2.01. The number of ether oxygens (including phenoxy) is 2. The number of hydrogen-bond donors (Lipinski definition) is 0. The van der Waals surface area contributed by atoms with Gasteiger partial charge in [0.1, 0.15) is 5.75 Å². The van der Waals surface area contributed by atoms with Crippen LogP contribution in [-0.2, 0) is 14.3 Å². The second-order valence-electron chi connectivity index (χ2n) is 7.47. The molecule has 0 N–H and O–H groups in total. The van der Waals surface area contributed by atoms with Gasteiger partial charge in [-0.25, -0.2) is 9.59 Å². The van der Waals surface area contributed by atoms with Crippen LogP contribution in [0.4, 0.5) is 0 Å². The van der Waals surface area contributed by atoms with Crippen molar-refractivity contribution in [2.45, 2.75) is 27.7 Å². The highest BCUT2D eigenvalue weighted by Gasteiger charge is 1.99. The lowest BCUT2D eigenvalue weighted by Crippen LogP contribution is -2.03. The Balaban J connectivity index is 0.000000245. The number of esters is 2.